The molecule has 86 valence electrons. The van der Waals surface area contributed by atoms with Crippen molar-refractivity contribution in [2.75, 3.05) is 26.2 Å². The zero-order chi connectivity index (χ0) is 11.8. The van der Waals surface area contributed by atoms with Crippen LogP contribution in [-0.2, 0) is 4.79 Å². The first kappa shape index (κ1) is 12.0. The third-order valence-corrected chi connectivity index (χ3v) is 2.11. The number of amides is 3. The van der Waals surface area contributed by atoms with Gasteiger partial charge >= 0.3 is 6.03 Å². The Kier molecular flexibility index (Phi) is 4.86. The predicted molar refractivity (Wildman–Crippen MR) is 57.4 cm³/mol. The molecule has 1 rings (SSSR count). The smallest absolute Gasteiger partial charge is 0.318 e. The SMILES string of the molecule is N#CCNC(=O)CNC(=O)N1CC=CCC1. The molecule has 0 bridgehead atoms. The molecule has 1 heterocycles. The lowest BCUT2D eigenvalue weighted by Gasteiger charge is -2.23. The van der Waals surface area contributed by atoms with Gasteiger partial charge in [-0.25, -0.2) is 4.79 Å². The molecule has 3 amide bonds. The highest BCUT2D eigenvalue weighted by Gasteiger charge is 2.13. The molecule has 0 saturated heterocycles. The van der Waals surface area contributed by atoms with Crippen LogP contribution in [0, 0.1) is 11.3 Å². The lowest BCUT2D eigenvalue weighted by atomic mass is 10.3. The second-order valence-electron chi connectivity index (χ2n) is 3.30. The monoisotopic (exact) mass is 222 g/mol. The normalized spacial score (nSPS) is 14.1. The number of nitriles is 1. The van der Waals surface area contributed by atoms with Crippen molar-refractivity contribution in [2.45, 2.75) is 6.42 Å². The maximum atomic E-state index is 11.5. The summed E-state index contributed by atoms with van der Waals surface area (Å²) in [6.45, 7) is 1.11. The Morgan fingerprint density at radius 3 is 2.81 bits per heavy atom. The lowest BCUT2D eigenvalue weighted by Crippen LogP contribution is -2.45. The molecule has 0 aromatic rings. The zero-order valence-electron chi connectivity index (χ0n) is 8.90. The van der Waals surface area contributed by atoms with Crippen molar-refractivity contribution in [2.24, 2.45) is 0 Å². The van der Waals surface area contributed by atoms with Crippen LogP contribution >= 0.6 is 0 Å². The molecule has 1 aliphatic rings. The molecule has 0 radical (unpaired) electrons. The Balaban J connectivity index is 2.22. The summed E-state index contributed by atoms with van der Waals surface area (Å²) < 4.78 is 0. The van der Waals surface area contributed by atoms with Gasteiger partial charge in [0.1, 0.15) is 6.54 Å². The Labute approximate surface area is 93.9 Å². The average molecular weight is 222 g/mol. The molecule has 0 aliphatic carbocycles. The van der Waals surface area contributed by atoms with E-state index in [2.05, 4.69) is 10.6 Å². The summed E-state index contributed by atoms with van der Waals surface area (Å²) in [4.78, 5) is 24.2. The van der Waals surface area contributed by atoms with E-state index in [0.29, 0.717) is 13.1 Å². The molecule has 0 atom stereocenters. The Hall–Kier alpha value is -2.03. The molecular weight excluding hydrogens is 208 g/mol. The molecule has 1 aliphatic heterocycles. The molecule has 0 aromatic carbocycles. The van der Waals surface area contributed by atoms with E-state index in [9.17, 15) is 9.59 Å². The standard InChI is InChI=1S/C10H14N4O2/c11-4-5-12-9(15)8-13-10(16)14-6-2-1-3-7-14/h1-2H,3,5-8H2,(H,12,15)(H,13,16). The number of carbonyl (C=O) groups excluding carboxylic acids is 2. The topological polar surface area (TPSA) is 85.2 Å². The molecule has 0 spiro atoms. The van der Waals surface area contributed by atoms with Crippen molar-refractivity contribution in [3.63, 3.8) is 0 Å². The third kappa shape index (κ3) is 4.00. The largest absolute Gasteiger partial charge is 0.341 e. The molecule has 0 unspecified atom stereocenters. The number of urea groups is 1. The minimum atomic E-state index is -0.359. The maximum Gasteiger partial charge on any atom is 0.318 e. The highest BCUT2D eigenvalue weighted by Crippen LogP contribution is 2.00. The second kappa shape index (κ2) is 6.45. The van der Waals surface area contributed by atoms with Crippen molar-refractivity contribution in [1.29, 1.82) is 5.26 Å². The minimum Gasteiger partial charge on any atom is -0.341 e. The first-order chi connectivity index (χ1) is 7.74. The van der Waals surface area contributed by atoms with Crippen molar-refractivity contribution in [3.05, 3.63) is 12.2 Å². The zero-order valence-corrected chi connectivity index (χ0v) is 8.90. The Morgan fingerprint density at radius 1 is 1.38 bits per heavy atom. The van der Waals surface area contributed by atoms with Gasteiger partial charge < -0.3 is 15.5 Å². The van der Waals surface area contributed by atoms with Crippen LogP contribution in [0.1, 0.15) is 6.42 Å². The average Bonchev–Trinajstić information content (AvgIpc) is 2.34. The number of nitrogens with one attached hydrogen (secondary N) is 2. The lowest BCUT2D eigenvalue weighted by molar-refractivity contribution is -0.119. The fraction of sp³-hybridized carbons (Fsp3) is 0.500. The van der Waals surface area contributed by atoms with Gasteiger partial charge in [-0.05, 0) is 6.42 Å². The molecular formula is C10H14N4O2. The molecule has 0 aromatic heterocycles. The molecule has 2 N–H and O–H groups in total. The predicted octanol–water partition coefficient (Wildman–Crippen LogP) is -0.402. The summed E-state index contributed by atoms with van der Waals surface area (Å²) in [6, 6.07) is 1.53. The Bertz CT molecular complexity index is 332. The molecule has 16 heavy (non-hydrogen) atoms. The van der Waals surface area contributed by atoms with E-state index in [1.165, 1.54) is 0 Å². The van der Waals surface area contributed by atoms with E-state index < -0.39 is 0 Å². The first-order valence-electron chi connectivity index (χ1n) is 5.05. The van der Waals surface area contributed by atoms with E-state index in [1.54, 1.807) is 11.0 Å². The van der Waals surface area contributed by atoms with Crippen LogP contribution in [0.3, 0.4) is 0 Å². The quantitative estimate of drug-likeness (QED) is 0.503. The van der Waals surface area contributed by atoms with Gasteiger partial charge in [-0.3, -0.25) is 4.79 Å². The van der Waals surface area contributed by atoms with Gasteiger partial charge in [-0.2, -0.15) is 5.26 Å². The van der Waals surface area contributed by atoms with Gasteiger partial charge in [0.15, 0.2) is 0 Å². The van der Waals surface area contributed by atoms with E-state index >= 15 is 0 Å². The number of hydrogen-bond acceptors (Lipinski definition) is 3. The van der Waals surface area contributed by atoms with Gasteiger partial charge in [0.25, 0.3) is 0 Å². The summed E-state index contributed by atoms with van der Waals surface area (Å²) in [5, 5.41) is 13.1. The van der Waals surface area contributed by atoms with E-state index in [4.69, 9.17) is 5.26 Å². The third-order valence-electron chi connectivity index (χ3n) is 2.11. The Morgan fingerprint density at radius 2 is 2.19 bits per heavy atom. The highest BCUT2D eigenvalue weighted by atomic mass is 16.2. The molecule has 6 nitrogen and oxygen atoms in total. The van der Waals surface area contributed by atoms with E-state index in [1.807, 2.05) is 12.2 Å². The van der Waals surface area contributed by atoms with Crippen LogP contribution in [0.25, 0.3) is 0 Å². The fourth-order valence-corrected chi connectivity index (χ4v) is 1.29. The molecule has 0 saturated carbocycles. The molecule has 6 heteroatoms. The maximum absolute atomic E-state index is 11.5. The van der Waals surface area contributed by atoms with Crippen LogP contribution in [0.15, 0.2) is 12.2 Å². The van der Waals surface area contributed by atoms with Crippen molar-refractivity contribution in [1.82, 2.24) is 15.5 Å². The summed E-state index contributed by atoms with van der Waals surface area (Å²) >= 11 is 0. The molecule has 0 fully saturated rings. The number of carbonyl (C=O) groups is 2. The fourth-order valence-electron chi connectivity index (χ4n) is 1.29. The van der Waals surface area contributed by atoms with Gasteiger partial charge in [-0.1, -0.05) is 12.2 Å². The van der Waals surface area contributed by atoms with Crippen molar-refractivity contribution < 1.29 is 9.59 Å². The minimum absolute atomic E-state index is 0.0405. The summed E-state index contributed by atoms with van der Waals surface area (Å²) in [7, 11) is 0. The van der Waals surface area contributed by atoms with Crippen LogP contribution in [0.5, 0.6) is 0 Å². The highest BCUT2D eigenvalue weighted by molar-refractivity contribution is 5.84. The van der Waals surface area contributed by atoms with E-state index in [0.717, 1.165) is 6.42 Å². The van der Waals surface area contributed by atoms with Gasteiger partial charge in [0.2, 0.25) is 5.91 Å². The van der Waals surface area contributed by atoms with Crippen LogP contribution < -0.4 is 10.6 Å². The number of hydrogen-bond donors (Lipinski definition) is 2. The second-order valence-corrected chi connectivity index (χ2v) is 3.30. The summed E-state index contributed by atoms with van der Waals surface area (Å²) in [5.74, 6) is -0.359. The van der Waals surface area contributed by atoms with Gasteiger partial charge in [-0.15, -0.1) is 0 Å². The van der Waals surface area contributed by atoms with Gasteiger partial charge in [0.05, 0.1) is 12.6 Å². The number of rotatable bonds is 3. The van der Waals surface area contributed by atoms with Crippen LogP contribution in [-0.4, -0.2) is 43.0 Å². The summed E-state index contributed by atoms with van der Waals surface area (Å²) in [6.07, 6.45) is 4.77. The number of nitrogens with zero attached hydrogens (tertiary/aromatic N) is 2. The van der Waals surface area contributed by atoms with Gasteiger partial charge in [0, 0.05) is 13.1 Å². The summed E-state index contributed by atoms with van der Waals surface area (Å²) in [5.41, 5.74) is 0. The van der Waals surface area contributed by atoms with E-state index in [-0.39, 0.29) is 25.0 Å². The van der Waals surface area contributed by atoms with Crippen molar-refractivity contribution in [3.8, 4) is 6.07 Å². The first-order valence-corrected chi connectivity index (χ1v) is 5.05. The van der Waals surface area contributed by atoms with Crippen LogP contribution in [0.4, 0.5) is 4.79 Å². The van der Waals surface area contributed by atoms with Crippen LogP contribution in [0.2, 0.25) is 0 Å². The van der Waals surface area contributed by atoms with Crippen molar-refractivity contribution >= 4 is 11.9 Å².